The normalized spacial score (nSPS) is 21.3. The largest absolute Gasteiger partial charge is 0.403 e. The molecule has 2 nitrogen and oxygen atoms in total. The molecular weight excluding hydrogens is 207 g/mol. The molecule has 0 unspecified atom stereocenters. The number of nitrogens with one attached hydrogen (secondary N) is 1. The average Bonchev–Trinajstić information content (AvgIpc) is 2.81. The van der Waals surface area contributed by atoms with Crippen molar-refractivity contribution in [1.29, 1.82) is 0 Å². The third kappa shape index (κ3) is 2.26. The lowest BCUT2D eigenvalue weighted by molar-refractivity contribution is -0.192. The molecule has 0 aromatic rings. The second-order valence-corrected chi connectivity index (χ2v) is 4.59. The minimum atomic E-state index is -4.41. The number of hydrogen-bond acceptors (Lipinski definition) is 1. The summed E-state index contributed by atoms with van der Waals surface area (Å²) in [7, 11) is 0. The summed E-state index contributed by atoms with van der Waals surface area (Å²) in [5.41, 5.74) is -2.09. The van der Waals surface area contributed by atoms with E-state index in [9.17, 15) is 18.0 Å². The lowest BCUT2D eigenvalue weighted by Crippen LogP contribution is -2.46. The number of carbonyl (C=O) groups excluding carboxylic acids is 1. The third-order valence-corrected chi connectivity index (χ3v) is 3.09. The molecule has 1 aliphatic carbocycles. The molecule has 0 radical (unpaired) electrons. The number of amides is 1. The van der Waals surface area contributed by atoms with Crippen LogP contribution >= 0.6 is 0 Å². The SMILES string of the molecule is CC(C)[C@@H](C)NC(=O)C1(C(F)(F)F)CC1. The van der Waals surface area contributed by atoms with E-state index in [4.69, 9.17) is 0 Å². The molecule has 1 amide bonds. The molecule has 1 aliphatic rings. The van der Waals surface area contributed by atoms with Crippen molar-refractivity contribution in [3.63, 3.8) is 0 Å². The van der Waals surface area contributed by atoms with Gasteiger partial charge in [-0.05, 0) is 25.7 Å². The van der Waals surface area contributed by atoms with Gasteiger partial charge in [0.15, 0.2) is 0 Å². The molecule has 0 heterocycles. The maximum absolute atomic E-state index is 12.5. The minimum absolute atomic E-state index is 0.0762. The Labute approximate surface area is 87.2 Å². The van der Waals surface area contributed by atoms with E-state index < -0.39 is 17.5 Å². The third-order valence-electron chi connectivity index (χ3n) is 3.09. The Morgan fingerprint density at radius 1 is 1.27 bits per heavy atom. The molecule has 1 saturated carbocycles. The maximum Gasteiger partial charge on any atom is 0.403 e. The Balaban J connectivity index is 2.63. The molecule has 15 heavy (non-hydrogen) atoms. The van der Waals surface area contributed by atoms with Gasteiger partial charge >= 0.3 is 6.18 Å². The predicted molar refractivity (Wildman–Crippen MR) is 50.2 cm³/mol. The lowest BCUT2D eigenvalue weighted by Gasteiger charge is -2.23. The standard InChI is InChI=1S/C10H16F3NO/c1-6(2)7(3)14-8(15)9(4-5-9)10(11,12)13/h6-7H,4-5H2,1-3H3,(H,14,15)/t7-/m1/s1. The van der Waals surface area contributed by atoms with Crippen LogP contribution < -0.4 is 5.32 Å². The van der Waals surface area contributed by atoms with E-state index in [0.29, 0.717) is 0 Å². The van der Waals surface area contributed by atoms with Crippen LogP contribution in [0, 0.1) is 11.3 Å². The highest BCUT2D eigenvalue weighted by Crippen LogP contribution is 2.57. The summed E-state index contributed by atoms with van der Waals surface area (Å²) >= 11 is 0. The predicted octanol–water partition coefficient (Wildman–Crippen LogP) is 2.49. The van der Waals surface area contributed by atoms with Gasteiger partial charge in [-0.2, -0.15) is 13.2 Å². The first-order chi connectivity index (χ1) is 6.71. The highest BCUT2D eigenvalue weighted by Gasteiger charge is 2.68. The topological polar surface area (TPSA) is 29.1 Å². The Morgan fingerprint density at radius 3 is 2.00 bits per heavy atom. The van der Waals surface area contributed by atoms with Gasteiger partial charge in [0.2, 0.25) is 5.91 Å². The summed E-state index contributed by atoms with van der Waals surface area (Å²) in [6.45, 7) is 5.44. The van der Waals surface area contributed by atoms with E-state index in [2.05, 4.69) is 5.32 Å². The summed E-state index contributed by atoms with van der Waals surface area (Å²) in [5.74, 6) is -0.728. The van der Waals surface area contributed by atoms with Crippen LogP contribution in [0.2, 0.25) is 0 Å². The van der Waals surface area contributed by atoms with Crippen molar-refractivity contribution in [2.75, 3.05) is 0 Å². The number of rotatable bonds is 3. The fourth-order valence-corrected chi connectivity index (χ4v) is 1.28. The molecule has 0 spiro atoms. The van der Waals surface area contributed by atoms with Gasteiger partial charge in [-0.1, -0.05) is 13.8 Å². The number of halogens is 3. The van der Waals surface area contributed by atoms with E-state index in [1.54, 1.807) is 6.92 Å². The van der Waals surface area contributed by atoms with Gasteiger partial charge in [-0.25, -0.2) is 0 Å². The van der Waals surface area contributed by atoms with Crippen LogP contribution in [0.5, 0.6) is 0 Å². The molecule has 88 valence electrons. The average molecular weight is 223 g/mol. The quantitative estimate of drug-likeness (QED) is 0.782. The van der Waals surface area contributed by atoms with Crippen LogP contribution in [0.15, 0.2) is 0 Å². The van der Waals surface area contributed by atoms with Crippen molar-refractivity contribution in [3.05, 3.63) is 0 Å². The zero-order valence-corrected chi connectivity index (χ0v) is 9.11. The van der Waals surface area contributed by atoms with E-state index >= 15 is 0 Å². The molecule has 0 saturated heterocycles. The van der Waals surface area contributed by atoms with Crippen LogP contribution in [-0.2, 0) is 4.79 Å². The van der Waals surface area contributed by atoms with Gasteiger partial charge in [0.1, 0.15) is 5.41 Å². The smallest absolute Gasteiger partial charge is 0.353 e. The maximum atomic E-state index is 12.5. The summed E-state index contributed by atoms with van der Waals surface area (Å²) in [4.78, 5) is 11.5. The van der Waals surface area contributed by atoms with E-state index in [1.807, 2.05) is 13.8 Å². The zero-order valence-electron chi connectivity index (χ0n) is 9.11. The van der Waals surface area contributed by atoms with Crippen LogP contribution in [0.1, 0.15) is 33.6 Å². The van der Waals surface area contributed by atoms with Gasteiger partial charge in [-0.3, -0.25) is 4.79 Å². The van der Waals surface area contributed by atoms with Gasteiger partial charge in [-0.15, -0.1) is 0 Å². The molecular formula is C10H16F3NO. The monoisotopic (exact) mass is 223 g/mol. The first kappa shape index (κ1) is 12.3. The van der Waals surface area contributed by atoms with Gasteiger partial charge in [0.25, 0.3) is 0 Å². The van der Waals surface area contributed by atoms with Crippen molar-refractivity contribution >= 4 is 5.91 Å². The first-order valence-electron chi connectivity index (χ1n) is 5.08. The molecule has 1 N–H and O–H groups in total. The highest BCUT2D eigenvalue weighted by molar-refractivity contribution is 5.86. The summed E-state index contributed by atoms with van der Waals surface area (Å²) in [6, 6.07) is -0.225. The first-order valence-corrected chi connectivity index (χ1v) is 5.08. The Kier molecular flexibility index (Phi) is 3.03. The lowest BCUT2D eigenvalue weighted by atomic mass is 10.0. The summed E-state index contributed by atoms with van der Waals surface area (Å²) in [6.07, 6.45) is -4.56. The zero-order chi connectivity index (χ0) is 11.9. The molecule has 1 fully saturated rings. The summed E-state index contributed by atoms with van der Waals surface area (Å²) < 4.78 is 37.6. The number of alkyl halides is 3. The van der Waals surface area contributed by atoms with Gasteiger partial charge < -0.3 is 5.32 Å². The Morgan fingerprint density at radius 2 is 1.73 bits per heavy atom. The van der Waals surface area contributed by atoms with Crippen LogP contribution in [0.25, 0.3) is 0 Å². The molecule has 0 aromatic carbocycles. The number of hydrogen-bond donors (Lipinski definition) is 1. The fourth-order valence-electron chi connectivity index (χ4n) is 1.28. The van der Waals surface area contributed by atoms with Crippen molar-refractivity contribution in [3.8, 4) is 0 Å². The van der Waals surface area contributed by atoms with E-state index in [0.717, 1.165) is 0 Å². The molecule has 0 aromatic heterocycles. The molecule has 1 rings (SSSR count). The van der Waals surface area contributed by atoms with Crippen molar-refractivity contribution < 1.29 is 18.0 Å². The van der Waals surface area contributed by atoms with Crippen LogP contribution in [-0.4, -0.2) is 18.1 Å². The fraction of sp³-hybridized carbons (Fsp3) is 0.900. The van der Waals surface area contributed by atoms with Crippen molar-refractivity contribution in [2.24, 2.45) is 11.3 Å². The van der Waals surface area contributed by atoms with Crippen molar-refractivity contribution in [1.82, 2.24) is 5.32 Å². The van der Waals surface area contributed by atoms with Gasteiger partial charge in [0.05, 0.1) is 0 Å². The Bertz CT molecular complexity index is 256. The molecule has 5 heteroatoms. The van der Waals surface area contributed by atoms with Crippen LogP contribution in [0.4, 0.5) is 13.2 Å². The van der Waals surface area contributed by atoms with E-state index in [-0.39, 0.29) is 24.8 Å². The highest BCUT2D eigenvalue weighted by atomic mass is 19.4. The Hall–Kier alpha value is -0.740. The van der Waals surface area contributed by atoms with E-state index in [1.165, 1.54) is 0 Å². The van der Waals surface area contributed by atoms with Gasteiger partial charge in [0, 0.05) is 6.04 Å². The summed E-state index contributed by atoms with van der Waals surface area (Å²) in [5, 5.41) is 2.43. The van der Waals surface area contributed by atoms with Crippen molar-refractivity contribution in [2.45, 2.75) is 45.8 Å². The second kappa shape index (κ2) is 3.68. The molecule has 0 bridgehead atoms. The molecule has 0 aliphatic heterocycles. The van der Waals surface area contributed by atoms with Crippen LogP contribution in [0.3, 0.4) is 0 Å². The number of carbonyl (C=O) groups is 1. The second-order valence-electron chi connectivity index (χ2n) is 4.59. The minimum Gasteiger partial charge on any atom is -0.353 e. The molecule has 1 atom stereocenters.